The molecule has 1 aromatic heterocycles. The van der Waals surface area contributed by atoms with Gasteiger partial charge in [-0.3, -0.25) is 4.90 Å². The van der Waals surface area contributed by atoms with Crippen LogP contribution in [0.1, 0.15) is 94.1 Å². The molecule has 0 spiro atoms. The molecule has 2 aromatic rings. The van der Waals surface area contributed by atoms with Crippen LogP contribution in [0.15, 0.2) is 30.3 Å². The molecule has 0 bridgehead atoms. The molecule has 7 nitrogen and oxygen atoms in total. The SMILES string of the molecule is CC(C)(C)OC(=O)C(c1cc(F)ccc1COC1CCOCC1)N1CC[C@@H](C(F)(F)CCCCc2ccc3c(n2)NCCC3)C1. The van der Waals surface area contributed by atoms with Gasteiger partial charge in [-0.05, 0) is 114 Å². The molecule has 2 saturated heterocycles. The molecule has 3 aliphatic heterocycles. The predicted molar refractivity (Wildman–Crippen MR) is 167 cm³/mol. The molecule has 4 heterocycles. The molecule has 1 N–H and O–H groups in total. The van der Waals surface area contributed by atoms with Crippen LogP contribution in [0.3, 0.4) is 0 Å². The Kier molecular flexibility index (Phi) is 11.1. The maximum Gasteiger partial charge on any atom is 0.328 e. The van der Waals surface area contributed by atoms with Crippen LogP contribution in [0.5, 0.6) is 0 Å². The summed E-state index contributed by atoms with van der Waals surface area (Å²) in [5.74, 6) is -3.96. The van der Waals surface area contributed by atoms with Crippen LogP contribution < -0.4 is 5.32 Å². The standard InChI is InChI=1S/C35H48F3N3O4/c1-34(2,3)45-33(42)31(30-21-27(36)11-9-25(30)23-44-29-14-19-43-20-15-29)41-18-13-26(22-41)35(37,38)16-5-4-8-28-12-10-24-7-6-17-39-32(24)40-28/h9-12,21,26,29,31H,4-8,13-20,22-23H2,1-3H3,(H,39,40)/t26-,31?/m1/s1. The van der Waals surface area contributed by atoms with Gasteiger partial charge in [0.2, 0.25) is 0 Å². The lowest BCUT2D eigenvalue weighted by Gasteiger charge is -2.32. The number of esters is 1. The summed E-state index contributed by atoms with van der Waals surface area (Å²) < 4.78 is 63.2. The molecular weight excluding hydrogens is 583 g/mol. The lowest BCUT2D eigenvalue weighted by atomic mass is 9.94. The lowest BCUT2D eigenvalue weighted by molar-refractivity contribution is -0.162. The number of likely N-dealkylation sites (tertiary alicyclic amines) is 1. The fourth-order valence-electron chi connectivity index (χ4n) is 6.58. The fraction of sp³-hybridized carbons (Fsp3) is 0.657. The summed E-state index contributed by atoms with van der Waals surface area (Å²) in [5.41, 5.74) is 2.40. The van der Waals surface area contributed by atoms with Crippen molar-refractivity contribution >= 4 is 11.8 Å². The van der Waals surface area contributed by atoms with Crippen molar-refractivity contribution in [1.82, 2.24) is 9.88 Å². The molecule has 2 atom stereocenters. The first kappa shape index (κ1) is 33.7. The van der Waals surface area contributed by atoms with Crippen LogP contribution >= 0.6 is 0 Å². The van der Waals surface area contributed by atoms with Gasteiger partial charge >= 0.3 is 5.97 Å². The van der Waals surface area contributed by atoms with Gasteiger partial charge in [-0.25, -0.2) is 22.9 Å². The maximum absolute atomic E-state index is 15.6. The van der Waals surface area contributed by atoms with Crippen molar-refractivity contribution in [2.45, 2.75) is 109 Å². The first-order valence-corrected chi connectivity index (χ1v) is 16.5. The highest BCUT2D eigenvalue weighted by atomic mass is 19.3. The molecule has 0 radical (unpaired) electrons. The number of aryl methyl sites for hydroxylation is 2. The summed E-state index contributed by atoms with van der Waals surface area (Å²) in [5, 5.41) is 3.33. The van der Waals surface area contributed by atoms with E-state index < -0.39 is 35.3 Å². The molecule has 2 fully saturated rings. The quantitative estimate of drug-likeness (QED) is 0.199. The number of aromatic nitrogens is 1. The number of nitrogens with zero attached hydrogens (tertiary/aromatic N) is 2. The van der Waals surface area contributed by atoms with Gasteiger partial charge in [0.05, 0.1) is 12.7 Å². The predicted octanol–water partition coefficient (Wildman–Crippen LogP) is 7.03. The molecular formula is C35H48F3N3O4. The number of carbonyl (C=O) groups excluding carboxylic acids is 1. The van der Waals surface area contributed by atoms with Crippen LogP contribution in [0.2, 0.25) is 0 Å². The third kappa shape index (κ3) is 9.20. The summed E-state index contributed by atoms with van der Waals surface area (Å²) in [6.07, 6.45) is 5.30. The Morgan fingerprint density at radius 1 is 1.13 bits per heavy atom. The van der Waals surface area contributed by atoms with Crippen molar-refractivity contribution in [1.29, 1.82) is 0 Å². The number of unbranched alkanes of at least 4 members (excludes halogenated alkanes) is 1. The third-order valence-corrected chi connectivity index (χ3v) is 9.00. The summed E-state index contributed by atoms with van der Waals surface area (Å²) >= 11 is 0. The van der Waals surface area contributed by atoms with Crippen LogP contribution in [0.25, 0.3) is 0 Å². The van der Waals surface area contributed by atoms with Gasteiger partial charge < -0.3 is 19.5 Å². The first-order chi connectivity index (χ1) is 21.5. The largest absolute Gasteiger partial charge is 0.459 e. The Balaban J connectivity index is 1.24. The number of halogens is 3. The van der Waals surface area contributed by atoms with Gasteiger partial charge in [0.25, 0.3) is 5.92 Å². The topological polar surface area (TPSA) is 72.9 Å². The van der Waals surface area contributed by atoms with E-state index in [9.17, 15) is 9.18 Å². The van der Waals surface area contributed by atoms with E-state index in [0.29, 0.717) is 43.6 Å². The zero-order valence-electron chi connectivity index (χ0n) is 26.9. The number of alkyl halides is 2. The summed E-state index contributed by atoms with van der Waals surface area (Å²) in [6.45, 7) is 7.92. The van der Waals surface area contributed by atoms with E-state index in [1.807, 2.05) is 6.07 Å². The van der Waals surface area contributed by atoms with E-state index >= 15 is 8.78 Å². The molecule has 1 aromatic carbocycles. The van der Waals surface area contributed by atoms with Gasteiger partial charge in [0, 0.05) is 44.3 Å². The smallest absolute Gasteiger partial charge is 0.328 e. The number of benzene rings is 1. The molecule has 248 valence electrons. The van der Waals surface area contributed by atoms with Crippen molar-refractivity contribution in [3.05, 3.63) is 58.5 Å². The van der Waals surface area contributed by atoms with Crippen molar-refractivity contribution < 1.29 is 32.2 Å². The Labute approximate surface area is 265 Å². The maximum atomic E-state index is 15.6. The van der Waals surface area contributed by atoms with Gasteiger partial charge in [0.1, 0.15) is 23.3 Å². The number of hydrogen-bond donors (Lipinski definition) is 1. The highest BCUT2D eigenvalue weighted by molar-refractivity contribution is 5.78. The molecule has 3 aliphatic rings. The van der Waals surface area contributed by atoms with Gasteiger partial charge in [-0.2, -0.15) is 0 Å². The Bertz CT molecular complexity index is 1300. The third-order valence-electron chi connectivity index (χ3n) is 9.00. The summed E-state index contributed by atoms with van der Waals surface area (Å²) in [6, 6.07) is 7.37. The van der Waals surface area contributed by atoms with Gasteiger partial charge in [0.15, 0.2) is 0 Å². The Morgan fingerprint density at radius 3 is 2.71 bits per heavy atom. The molecule has 10 heteroatoms. The molecule has 1 unspecified atom stereocenters. The van der Waals surface area contributed by atoms with Crippen molar-refractivity contribution in [2.75, 3.05) is 38.2 Å². The molecule has 0 aliphatic carbocycles. The zero-order chi connectivity index (χ0) is 32.0. The van der Waals surface area contributed by atoms with E-state index in [-0.39, 0.29) is 38.6 Å². The number of rotatable bonds is 12. The van der Waals surface area contributed by atoms with E-state index in [4.69, 9.17) is 14.2 Å². The zero-order valence-corrected chi connectivity index (χ0v) is 26.9. The molecule has 0 saturated carbocycles. The molecule has 45 heavy (non-hydrogen) atoms. The normalized spacial score (nSPS) is 20.4. The monoisotopic (exact) mass is 631 g/mol. The Hall–Kier alpha value is -2.69. The molecule has 5 rings (SSSR count). The minimum atomic E-state index is -2.89. The fourth-order valence-corrected chi connectivity index (χ4v) is 6.58. The van der Waals surface area contributed by atoms with Crippen molar-refractivity contribution in [2.24, 2.45) is 5.92 Å². The second-order valence-corrected chi connectivity index (χ2v) is 13.7. The van der Waals surface area contributed by atoms with Crippen molar-refractivity contribution in [3.8, 4) is 0 Å². The second-order valence-electron chi connectivity index (χ2n) is 13.7. The number of ether oxygens (including phenoxy) is 3. The van der Waals surface area contributed by atoms with E-state index in [1.54, 1.807) is 31.7 Å². The number of fused-ring (bicyclic) bond motifs is 1. The number of pyridine rings is 1. The van der Waals surface area contributed by atoms with E-state index in [0.717, 1.165) is 43.7 Å². The highest BCUT2D eigenvalue weighted by Crippen LogP contribution is 2.40. The molecule has 0 amide bonds. The van der Waals surface area contributed by atoms with Gasteiger partial charge in [-0.1, -0.05) is 12.1 Å². The summed E-state index contributed by atoms with van der Waals surface area (Å²) in [4.78, 5) is 20.1. The van der Waals surface area contributed by atoms with Crippen molar-refractivity contribution in [3.63, 3.8) is 0 Å². The number of nitrogens with one attached hydrogen (secondary N) is 1. The minimum Gasteiger partial charge on any atom is -0.459 e. The second kappa shape index (κ2) is 14.8. The average molecular weight is 632 g/mol. The Morgan fingerprint density at radius 2 is 1.93 bits per heavy atom. The number of hydrogen-bond acceptors (Lipinski definition) is 7. The van der Waals surface area contributed by atoms with Crippen LogP contribution in [-0.2, 0) is 38.5 Å². The van der Waals surface area contributed by atoms with E-state index in [1.165, 1.54) is 17.7 Å². The van der Waals surface area contributed by atoms with Crippen LogP contribution in [0, 0.1) is 11.7 Å². The lowest BCUT2D eigenvalue weighted by Crippen LogP contribution is -2.39. The summed E-state index contributed by atoms with van der Waals surface area (Å²) in [7, 11) is 0. The minimum absolute atomic E-state index is 0.00572. The highest BCUT2D eigenvalue weighted by Gasteiger charge is 2.46. The number of anilines is 1. The van der Waals surface area contributed by atoms with Gasteiger partial charge in [-0.15, -0.1) is 0 Å². The van der Waals surface area contributed by atoms with E-state index in [2.05, 4.69) is 16.4 Å². The first-order valence-electron chi connectivity index (χ1n) is 16.5. The average Bonchev–Trinajstić information content (AvgIpc) is 3.49. The van der Waals surface area contributed by atoms with Crippen LogP contribution in [0.4, 0.5) is 19.0 Å². The number of carbonyl (C=O) groups is 1. The van der Waals surface area contributed by atoms with Crippen LogP contribution in [-0.4, -0.2) is 66.3 Å².